The van der Waals surface area contributed by atoms with E-state index in [9.17, 15) is 18.4 Å². The topological polar surface area (TPSA) is 57.6 Å². The SMILES string of the molecule is Cc1cc(F)ccc1-c1ccc(C(=O)N2CCC[C@H](C(=O)O)C2)cc1F. The van der Waals surface area contributed by atoms with E-state index in [0.717, 1.165) is 6.07 Å². The van der Waals surface area contributed by atoms with Crippen LogP contribution in [0.2, 0.25) is 0 Å². The molecule has 1 heterocycles. The standard InChI is InChI=1S/C20H19F2NO3/c1-12-9-15(21)5-7-16(12)17-6-4-13(10-18(17)22)19(24)23-8-2-3-14(11-23)20(25)26/h4-7,9-10,14H,2-3,8,11H2,1H3,(H,25,26)/t14-/m0/s1. The van der Waals surface area contributed by atoms with Crippen molar-refractivity contribution in [2.45, 2.75) is 19.8 Å². The van der Waals surface area contributed by atoms with Gasteiger partial charge in [0.1, 0.15) is 11.6 Å². The molecule has 1 saturated heterocycles. The highest BCUT2D eigenvalue weighted by atomic mass is 19.1. The number of nitrogens with zero attached hydrogens (tertiary/aromatic N) is 1. The Hall–Kier alpha value is -2.76. The summed E-state index contributed by atoms with van der Waals surface area (Å²) in [5.41, 5.74) is 1.63. The number of hydrogen-bond donors (Lipinski definition) is 1. The van der Waals surface area contributed by atoms with Crippen molar-refractivity contribution in [2.24, 2.45) is 5.92 Å². The van der Waals surface area contributed by atoms with Gasteiger partial charge in [0.25, 0.3) is 5.91 Å². The summed E-state index contributed by atoms with van der Waals surface area (Å²) in [7, 11) is 0. The Morgan fingerprint density at radius 3 is 2.50 bits per heavy atom. The van der Waals surface area contributed by atoms with Gasteiger partial charge < -0.3 is 10.0 Å². The predicted octanol–water partition coefficient (Wildman–Crippen LogP) is 3.88. The zero-order valence-electron chi connectivity index (χ0n) is 14.3. The molecular formula is C20H19F2NO3. The molecule has 26 heavy (non-hydrogen) atoms. The molecule has 1 aliphatic heterocycles. The van der Waals surface area contributed by atoms with E-state index in [1.807, 2.05) is 0 Å². The Morgan fingerprint density at radius 1 is 1.12 bits per heavy atom. The van der Waals surface area contributed by atoms with E-state index < -0.39 is 23.5 Å². The maximum atomic E-state index is 14.6. The third-order valence-electron chi connectivity index (χ3n) is 4.75. The highest BCUT2D eigenvalue weighted by molar-refractivity contribution is 5.95. The molecule has 0 aromatic heterocycles. The van der Waals surface area contributed by atoms with Gasteiger partial charge in [-0.1, -0.05) is 12.1 Å². The normalized spacial score (nSPS) is 17.2. The van der Waals surface area contributed by atoms with Crippen LogP contribution >= 0.6 is 0 Å². The molecule has 136 valence electrons. The summed E-state index contributed by atoms with van der Waals surface area (Å²) in [5.74, 6) is -2.85. The molecule has 2 aromatic carbocycles. The van der Waals surface area contributed by atoms with Gasteiger partial charge in [-0.25, -0.2) is 8.78 Å². The molecule has 6 heteroatoms. The molecule has 4 nitrogen and oxygen atoms in total. The number of carboxylic acid groups (broad SMARTS) is 1. The van der Waals surface area contributed by atoms with Crippen molar-refractivity contribution in [3.8, 4) is 11.1 Å². The second-order valence-electron chi connectivity index (χ2n) is 6.58. The van der Waals surface area contributed by atoms with Gasteiger partial charge in [-0.2, -0.15) is 0 Å². The Morgan fingerprint density at radius 2 is 1.85 bits per heavy atom. The third-order valence-corrected chi connectivity index (χ3v) is 4.75. The van der Waals surface area contributed by atoms with Gasteiger partial charge in [-0.05, 0) is 55.2 Å². The summed E-state index contributed by atoms with van der Waals surface area (Å²) >= 11 is 0. The van der Waals surface area contributed by atoms with Crippen molar-refractivity contribution in [3.63, 3.8) is 0 Å². The molecule has 1 aliphatic rings. The van der Waals surface area contributed by atoms with Crippen LogP contribution in [0.5, 0.6) is 0 Å². The fourth-order valence-electron chi connectivity index (χ4n) is 3.34. The molecule has 1 amide bonds. The summed E-state index contributed by atoms with van der Waals surface area (Å²) in [6.07, 6.45) is 1.15. The summed E-state index contributed by atoms with van der Waals surface area (Å²) < 4.78 is 27.8. The Bertz CT molecular complexity index is 866. The van der Waals surface area contributed by atoms with Crippen LogP contribution in [0.4, 0.5) is 8.78 Å². The van der Waals surface area contributed by atoms with E-state index in [2.05, 4.69) is 0 Å². The summed E-state index contributed by atoms with van der Waals surface area (Å²) in [5, 5.41) is 9.14. The number of likely N-dealkylation sites (tertiary alicyclic amines) is 1. The molecular weight excluding hydrogens is 340 g/mol. The zero-order chi connectivity index (χ0) is 18.8. The van der Waals surface area contributed by atoms with Gasteiger partial charge in [0.2, 0.25) is 0 Å². The Kier molecular flexibility index (Phi) is 5.02. The summed E-state index contributed by atoms with van der Waals surface area (Å²) in [6.45, 7) is 2.29. The lowest BCUT2D eigenvalue weighted by molar-refractivity contribution is -0.143. The quantitative estimate of drug-likeness (QED) is 0.905. The van der Waals surface area contributed by atoms with E-state index in [0.29, 0.717) is 36.1 Å². The number of aryl methyl sites for hydroxylation is 1. The van der Waals surface area contributed by atoms with Gasteiger partial charge in [0.05, 0.1) is 5.92 Å². The van der Waals surface area contributed by atoms with E-state index in [1.165, 1.54) is 35.2 Å². The number of aliphatic carboxylic acids is 1. The first-order valence-electron chi connectivity index (χ1n) is 8.45. The van der Waals surface area contributed by atoms with Crippen molar-refractivity contribution in [2.75, 3.05) is 13.1 Å². The average molecular weight is 359 g/mol. The zero-order valence-corrected chi connectivity index (χ0v) is 14.3. The highest BCUT2D eigenvalue weighted by Gasteiger charge is 2.29. The molecule has 0 radical (unpaired) electrons. The van der Waals surface area contributed by atoms with E-state index >= 15 is 0 Å². The van der Waals surface area contributed by atoms with Crippen LogP contribution < -0.4 is 0 Å². The third kappa shape index (κ3) is 3.59. The molecule has 2 aromatic rings. The van der Waals surface area contributed by atoms with E-state index in [4.69, 9.17) is 5.11 Å². The van der Waals surface area contributed by atoms with Crippen molar-refractivity contribution in [1.29, 1.82) is 0 Å². The molecule has 3 rings (SSSR count). The fraction of sp³-hybridized carbons (Fsp3) is 0.300. The maximum Gasteiger partial charge on any atom is 0.308 e. The lowest BCUT2D eigenvalue weighted by atomic mass is 9.96. The van der Waals surface area contributed by atoms with Crippen LogP contribution in [0.1, 0.15) is 28.8 Å². The van der Waals surface area contributed by atoms with E-state index in [1.54, 1.807) is 6.92 Å². The van der Waals surface area contributed by atoms with Gasteiger partial charge in [0, 0.05) is 24.2 Å². The van der Waals surface area contributed by atoms with Crippen LogP contribution in [0.15, 0.2) is 36.4 Å². The highest BCUT2D eigenvalue weighted by Crippen LogP contribution is 2.28. The fourth-order valence-corrected chi connectivity index (χ4v) is 3.34. The summed E-state index contributed by atoms with van der Waals surface area (Å²) in [6, 6.07) is 8.28. The molecule has 1 atom stereocenters. The minimum Gasteiger partial charge on any atom is -0.481 e. The lowest BCUT2D eigenvalue weighted by Crippen LogP contribution is -2.42. The Balaban J connectivity index is 1.85. The monoisotopic (exact) mass is 359 g/mol. The van der Waals surface area contributed by atoms with E-state index in [-0.39, 0.29) is 18.0 Å². The molecule has 1 N–H and O–H groups in total. The van der Waals surface area contributed by atoms with Crippen LogP contribution in [0.3, 0.4) is 0 Å². The largest absolute Gasteiger partial charge is 0.481 e. The predicted molar refractivity (Wildman–Crippen MR) is 92.8 cm³/mol. The van der Waals surface area contributed by atoms with Crippen LogP contribution in [-0.4, -0.2) is 35.0 Å². The second kappa shape index (κ2) is 7.23. The van der Waals surface area contributed by atoms with Gasteiger partial charge in [-0.15, -0.1) is 0 Å². The maximum absolute atomic E-state index is 14.6. The molecule has 1 fully saturated rings. The Labute approximate surface area is 150 Å². The average Bonchev–Trinajstić information content (AvgIpc) is 2.62. The minimum absolute atomic E-state index is 0.134. The molecule has 0 spiro atoms. The first-order chi connectivity index (χ1) is 12.4. The number of amides is 1. The van der Waals surface area contributed by atoms with Crippen molar-refractivity contribution < 1.29 is 23.5 Å². The molecule has 0 aliphatic carbocycles. The summed E-state index contributed by atoms with van der Waals surface area (Å²) in [4.78, 5) is 25.2. The first-order valence-corrected chi connectivity index (χ1v) is 8.45. The molecule has 0 bridgehead atoms. The van der Waals surface area contributed by atoms with Crippen molar-refractivity contribution >= 4 is 11.9 Å². The van der Waals surface area contributed by atoms with Gasteiger partial charge >= 0.3 is 5.97 Å². The second-order valence-corrected chi connectivity index (χ2v) is 6.58. The van der Waals surface area contributed by atoms with Crippen LogP contribution in [0.25, 0.3) is 11.1 Å². The smallest absolute Gasteiger partial charge is 0.308 e. The number of carbonyl (C=O) groups excluding carboxylic acids is 1. The molecule has 0 saturated carbocycles. The van der Waals surface area contributed by atoms with Crippen LogP contribution in [0, 0.1) is 24.5 Å². The number of halogens is 2. The van der Waals surface area contributed by atoms with Gasteiger partial charge in [0.15, 0.2) is 0 Å². The first kappa shape index (κ1) is 18.0. The van der Waals surface area contributed by atoms with Crippen LogP contribution in [-0.2, 0) is 4.79 Å². The van der Waals surface area contributed by atoms with Crippen molar-refractivity contribution in [3.05, 3.63) is 59.2 Å². The number of carboxylic acids is 1. The number of piperidine rings is 1. The lowest BCUT2D eigenvalue weighted by Gasteiger charge is -2.30. The number of rotatable bonds is 3. The van der Waals surface area contributed by atoms with Crippen molar-refractivity contribution in [1.82, 2.24) is 4.90 Å². The van der Waals surface area contributed by atoms with Gasteiger partial charge in [-0.3, -0.25) is 9.59 Å². The number of benzene rings is 2. The number of hydrogen-bond acceptors (Lipinski definition) is 2. The number of carbonyl (C=O) groups is 2. The molecule has 0 unspecified atom stereocenters. The minimum atomic E-state index is -0.921.